The van der Waals surface area contributed by atoms with Gasteiger partial charge in [0.2, 0.25) is 5.91 Å². The molecule has 2 amide bonds. The smallest absolute Gasteiger partial charge is 0.253 e. The van der Waals surface area contributed by atoms with Crippen LogP contribution in [0.25, 0.3) is 0 Å². The number of carbonyl (C=O) groups excluding carboxylic acids is 2. The third kappa shape index (κ3) is 2.54. The van der Waals surface area contributed by atoms with Crippen LogP contribution in [0.15, 0.2) is 18.2 Å². The Labute approximate surface area is 117 Å². The second-order valence-electron chi connectivity index (χ2n) is 5.47. The number of nitrogens with zero attached hydrogens (tertiary/aromatic N) is 1. The molecule has 0 aliphatic carbocycles. The molecule has 2 N–H and O–H groups in total. The zero-order chi connectivity index (χ0) is 14.1. The number of hydrogen-bond donors (Lipinski definition) is 2. The molecule has 3 rings (SSSR count). The van der Waals surface area contributed by atoms with Gasteiger partial charge in [-0.05, 0) is 43.0 Å². The minimum absolute atomic E-state index is 0.0238. The van der Waals surface area contributed by atoms with Gasteiger partial charge in [0.1, 0.15) is 0 Å². The maximum absolute atomic E-state index is 12.4. The SMILES string of the molecule is O=C1CCc2cc(C(=O)N3CCCC(O)C3)ccc2N1. The minimum atomic E-state index is -0.412. The second kappa shape index (κ2) is 5.25. The van der Waals surface area contributed by atoms with Gasteiger partial charge in [0.05, 0.1) is 6.10 Å². The lowest BCUT2D eigenvalue weighted by Crippen LogP contribution is -2.42. The first kappa shape index (κ1) is 13.1. The van der Waals surface area contributed by atoms with Gasteiger partial charge in [-0.1, -0.05) is 0 Å². The Morgan fingerprint density at radius 2 is 2.20 bits per heavy atom. The Morgan fingerprint density at radius 3 is 3.00 bits per heavy atom. The Bertz CT molecular complexity index is 556. The Morgan fingerprint density at radius 1 is 1.35 bits per heavy atom. The number of anilines is 1. The van der Waals surface area contributed by atoms with E-state index in [1.807, 2.05) is 6.07 Å². The molecule has 0 saturated carbocycles. The zero-order valence-electron chi connectivity index (χ0n) is 11.3. The summed E-state index contributed by atoms with van der Waals surface area (Å²) in [6.45, 7) is 1.11. The molecule has 1 atom stereocenters. The molecule has 2 heterocycles. The van der Waals surface area contributed by atoms with Crippen molar-refractivity contribution in [2.75, 3.05) is 18.4 Å². The Kier molecular flexibility index (Phi) is 3.44. The summed E-state index contributed by atoms with van der Waals surface area (Å²) in [5.74, 6) is -0.0146. The highest BCUT2D eigenvalue weighted by Crippen LogP contribution is 2.24. The summed E-state index contributed by atoms with van der Waals surface area (Å²) in [7, 11) is 0. The number of carbonyl (C=O) groups is 2. The van der Waals surface area contributed by atoms with Gasteiger partial charge in [-0.2, -0.15) is 0 Å². The summed E-state index contributed by atoms with van der Waals surface area (Å²) in [5, 5.41) is 12.5. The first-order valence-electron chi connectivity index (χ1n) is 7.03. The molecule has 1 saturated heterocycles. The van der Waals surface area contributed by atoms with Crippen molar-refractivity contribution in [2.24, 2.45) is 0 Å². The van der Waals surface area contributed by atoms with Crippen molar-refractivity contribution in [3.63, 3.8) is 0 Å². The van der Waals surface area contributed by atoms with Crippen molar-refractivity contribution in [1.82, 2.24) is 4.90 Å². The normalized spacial score (nSPS) is 22.1. The number of aliphatic hydroxyl groups excluding tert-OH is 1. The van der Waals surface area contributed by atoms with Crippen LogP contribution in [0.5, 0.6) is 0 Å². The lowest BCUT2D eigenvalue weighted by molar-refractivity contribution is -0.116. The third-order valence-corrected chi connectivity index (χ3v) is 3.93. The van der Waals surface area contributed by atoms with Crippen LogP contribution >= 0.6 is 0 Å². The molecule has 5 heteroatoms. The second-order valence-corrected chi connectivity index (χ2v) is 5.47. The Balaban J connectivity index is 1.80. The average molecular weight is 274 g/mol. The summed E-state index contributed by atoms with van der Waals surface area (Å²) in [5.41, 5.74) is 2.44. The number of benzene rings is 1. The van der Waals surface area contributed by atoms with Crippen LogP contribution in [0, 0.1) is 0 Å². The van der Waals surface area contributed by atoms with Gasteiger partial charge < -0.3 is 15.3 Å². The molecular weight excluding hydrogens is 256 g/mol. The van der Waals surface area contributed by atoms with Gasteiger partial charge in [-0.15, -0.1) is 0 Å². The number of nitrogens with one attached hydrogen (secondary N) is 1. The molecule has 1 unspecified atom stereocenters. The van der Waals surface area contributed by atoms with Crippen molar-refractivity contribution in [3.8, 4) is 0 Å². The van der Waals surface area contributed by atoms with Crippen molar-refractivity contribution >= 4 is 17.5 Å². The Hall–Kier alpha value is -1.88. The highest BCUT2D eigenvalue weighted by Gasteiger charge is 2.24. The number of fused-ring (bicyclic) bond motifs is 1. The van der Waals surface area contributed by atoms with E-state index >= 15 is 0 Å². The molecule has 2 aliphatic rings. The van der Waals surface area contributed by atoms with E-state index in [0.29, 0.717) is 31.5 Å². The van der Waals surface area contributed by atoms with E-state index in [0.717, 1.165) is 24.1 Å². The van der Waals surface area contributed by atoms with E-state index in [4.69, 9.17) is 0 Å². The van der Waals surface area contributed by atoms with Crippen molar-refractivity contribution < 1.29 is 14.7 Å². The maximum atomic E-state index is 12.4. The molecule has 0 radical (unpaired) electrons. The van der Waals surface area contributed by atoms with Crippen LogP contribution in [-0.4, -0.2) is 41.0 Å². The number of aryl methyl sites for hydroxylation is 1. The molecule has 1 fully saturated rings. The van der Waals surface area contributed by atoms with Crippen LogP contribution in [0.3, 0.4) is 0 Å². The first-order valence-corrected chi connectivity index (χ1v) is 7.03. The van der Waals surface area contributed by atoms with Gasteiger partial charge in [-0.3, -0.25) is 9.59 Å². The molecule has 0 bridgehead atoms. The van der Waals surface area contributed by atoms with E-state index in [1.54, 1.807) is 17.0 Å². The topological polar surface area (TPSA) is 69.6 Å². The summed E-state index contributed by atoms with van der Waals surface area (Å²) in [6, 6.07) is 5.39. The number of likely N-dealkylation sites (tertiary alicyclic amines) is 1. The number of rotatable bonds is 1. The molecule has 2 aliphatic heterocycles. The lowest BCUT2D eigenvalue weighted by Gasteiger charge is -2.30. The number of amides is 2. The number of piperidine rings is 1. The van der Waals surface area contributed by atoms with Crippen LogP contribution in [0.4, 0.5) is 5.69 Å². The van der Waals surface area contributed by atoms with Gasteiger partial charge in [0.15, 0.2) is 0 Å². The first-order chi connectivity index (χ1) is 9.63. The maximum Gasteiger partial charge on any atom is 0.253 e. The van der Waals surface area contributed by atoms with Crippen LogP contribution < -0.4 is 5.32 Å². The third-order valence-electron chi connectivity index (χ3n) is 3.93. The average Bonchev–Trinajstić information content (AvgIpc) is 2.46. The number of β-amino-alcohol motifs (C(OH)–C–C–N with tert-alkyl or cyclic N) is 1. The van der Waals surface area contributed by atoms with E-state index in [2.05, 4.69) is 5.32 Å². The highest BCUT2D eigenvalue weighted by atomic mass is 16.3. The molecular formula is C15H18N2O3. The standard InChI is InChI=1S/C15H18N2O3/c18-12-2-1-7-17(9-12)15(20)11-3-5-13-10(8-11)4-6-14(19)16-13/h3,5,8,12,18H,1-2,4,6-7,9H2,(H,16,19). The van der Waals surface area contributed by atoms with Crippen molar-refractivity contribution in [1.29, 1.82) is 0 Å². The number of hydrogen-bond acceptors (Lipinski definition) is 3. The fourth-order valence-electron chi connectivity index (χ4n) is 2.84. The van der Waals surface area contributed by atoms with E-state index in [9.17, 15) is 14.7 Å². The molecule has 0 spiro atoms. The minimum Gasteiger partial charge on any atom is -0.391 e. The van der Waals surface area contributed by atoms with E-state index in [1.165, 1.54) is 0 Å². The monoisotopic (exact) mass is 274 g/mol. The molecule has 20 heavy (non-hydrogen) atoms. The molecule has 5 nitrogen and oxygen atoms in total. The largest absolute Gasteiger partial charge is 0.391 e. The van der Waals surface area contributed by atoms with Crippen molar-refractivity contribution in [3.05, 3.63) is 29.3 Å². The summed E-state index contributed by atoms with van der Waals surface area (Å²) in [6.07, 6.45) is 2.33. The summed E-state index contributed by atoms with van der Waals surface area (Å²) >= 11 is 0. The highest BCUT2D eigenvalue weighted by molar-refractivity contribution is 5.98. The van der Waals surface area contributed by atoms with Crippen LogP contribution in [-0.2, 0) is 11.2 Å². The molecule has 1 aromatic carbocycles. The van der Waals surface area contributed by atoms with E-state index < -0.39 is 6.10 Å². The fourth-order valence-corrected chi connectivity index (χ4v) is 2.84. The molecule has 106 valence electrons. The molecule has 0 aromatic heterocycles. The summed E-state index contributed by atoms with van der Waals surface area (Å²) < 4.78 is 0. The van der Waals surface area contributed by atoms with Crippen molar-refractivity contribution in [2.45, 2.75) is 31.8 Å². The molecule has 1 aromatic rings. The van der Waals surface area contributed by atoms with Gasteiger partial charge in [-0.25, -0.2) is 0 Å². The van der Waals surface area contributed by atoms with E-state index in [-0.39, 0.29) is 11.8 Å². The zero-order valence-corrected chi connectivity index (χ0v) is 11.3. The van der Waals surface area contributed by atoms with Gasteiger partial charge in [0.25, 0.3) is 5.91 Å². The lowest BCUT2D eigenvalue weighted by atomic mass is 9.99. The van der Waals surface area contributed by atoms with Crippen LogP contribution in [0.2, 0.25) is 0 Å². The predicted molar refractivity (Wildman–Crippen MR) is 74.5 cm³/mol. The van der Waals surface area contributed by atoms with Gasteiger partial charge >= 0.3 is 0 Å². The van der Waals surface area contributed by atoms with Crippen LogP contribution in [0.1, 0.15) is 35.2 Å². The fraction of sp³-hybridized carbons (Fsp3) is 0.467. The quantitative estimate of drug-likeness (QED) is 0.807. The summed E-state index contributed by atoms with van der Waals surface area (Å²) in [4.78, 5) is 25.4. The number of aliphatic hydroxyl groups is 1. The predicted octanol–water partition coefficient (Wildman–Crippen LogP) is 1.17. The van der Waals surface area contributed by atoms with Gasteiger partial charge in [0, 0.05) is 30.8 Å².